The highest BCUT2D eigenvalue weighted by Gasteiger charge is 2.10. The zero-order valence-corrected chi connectivity index (χ0v) is 11.5. The number of nitrogens with zero attached hydrogens (tertiary/aromatic N) is 4. The van der Waals surface area contributed by atoms with Crippen LogP contribution in [0.15, 0.2) is 34.8 Å². The van der Waals surface area contributed by atoms with Gasteiger partial charge in [0.1, 0.15) is 16.5 Å². The van der Waals surface area contributed by atoms with E-state index in [4.69, 9.17) is 5.26 Å². The third-order valence-corrected chi connectivity index (χ3v) is 4.14. The highest BCUT2D eigenvalue weighted by Crippen LogP contribution is 2.19. The number of hydrogen-bond acceptors (Lipinski definition) is 5. The summed E-state index contributed by atoms with van der Waals surface area (Å²) in [5, 5.41) is 11.0. The summed E-state index contributed by atoms with van der Waals surface area (Å²) >= 11 is 1.40. The SMILES string of the molecule is Cc1csc2c(=O)n(Cc3cccnc3C#N)cnc12. The summed E-state index contributed by atoms with van der Waals surface area (Å²) in [5.41, 5.74) is 2.73. The molecule has 0 N–H and O–H groups in total. The van der Waals surface area contributed by atoms with E-state index in [1.54, 1.807) is 18.3 Å². The lowest BCUT2D eigenvalue weighted by atomic mass is 10.2. The van der Waals surface area contributed by atoms with Crippen molar-refractivity contribution >= 4 is 21.6 Å². The normalized spacial score (nSPS) is 10.6. The fourth-order valence-electron chi connectivity index (χ4n) is 2.02. The minimum absolute atomic E-state index is 0.0826. The molecule has 0 aliphatic carbocycles. The number of nitriles is 1. The molecule has 0 saturated carbocycles. The van der Waals surface area contributed by atoms with Gasteiger partial charge in [-0.2, -0.15) is 5.26 Å². The maximum Gasteiger partial charge on any atom is 0.271 e. The Bertz CT molecular complexity index is 888. The molecule has 0 saturated heterocycles. The van der Waals surface area contributed by atoms with Crippen molar-refractivity contribution in [2.24, 2.45) is 0 Å². The van der Waals surface area contributed by atoms with E-state index < -0.39 is 0 Å². The van der Waals surface area contributed by atoms with Gasteiger partial charge in [0.25, 0.3) is 5.56 Å². The van der Waals surface area contributed by atoms with E-state index in [1.807, 2.05) is 18.4 Å². The molecule has 5 nitrogen and oxygen atoms in total. The number of pyridine rings is 1. The third kappa shape index (κ3) is 1.98. The summed E-state index contributed by atoms with van der Waals surface area (Å²) in [6, 6.07) is 5.58. The monoisotopic (exact) mass is 282 g/mol. The van der Waals surface area contributed by atoms with Crippen LogP contribution >= 0.6 is 11.3 Å². The van der Waals surface area contributed by atoms with E-state index in [9.17, 15) is 4.79 Å². The van der Waals surface area contributed by atoms with E-state index in [0.717, 1.165) is 11.1 Å². The fourth-order valence-corrected chi connectivity index (χ4v) is 2.97. The highest BCUT2D eigenvalue weighted by atomic mass is 32.1. The second-order valence-electron chi connectivity index (χ2n) is 4.40. The predicted molar refractivity (Wildman–Crippen MR) is 76.7 cm³/mol. The van der Waals surface area contributed by atoms with Gasteiger partial charge >= 0.3 is 0 Å². The first-order chi connectivity index (χ1) is 9.70. The van der Waals surface area contributed by atoms with Crippen molar-refractivity contribution < 1.29 is 0 Å². The van der Waals surface area contributed by atoms with Crippen molar-refractivity contribution in [1.82, 2.24) is 14.5 Å². The second kappa shape index (κ2) is 4.87. The predicted octanol–water partition coefficient (Wildman–Crippen LogP) is 2.08. The zero-order valence-electron chi connectivity index (χ0n) is 10.7. The standard InChI is InChI=1S/C14H10N4OS/c1-9-7-20-13-12(9)17-8-18(14(13)19)6-10-3-2-4-16-11(10)5-15/h2-4,7-8H,6H2,1H3. The van der Waals surface area contributed by atoms with Gasteiger partial charge in [-0.05, 0) is 23.9 Å². The smallest absolute Gasteiger partial charge is 0.271 e. The van der Waals surface area contributed by atoms with Crippen molar-refractivity contribution in [1.29, 1.82) is 5.26 Å². The van der Waals surface area contributed by atoms with Crippen LogP contribution in [-0.2, 0) is 6.54 Å². The molecule has 0 aromatic carbocycles. The Balaban J connectivity index is 2.10. The lowest BCUT2D eigenvalue weighted by Gasteiger charge is -2.06. The summed E-state index contributed by atoms with van der Waals surface area (Å²) < 4.78 is 2.16. The molecule has 6 heteroatoms. The van der Waals surface area contributed by atoms with Crippen LogP contribution in [-0.4, -0.2) is 14.5 Å². The van der Waals surface area contributed by atoms with Gasteiger partial charge in [-0.15, -0.1) is 11.3 Å². The molecule has 0 unspecified atom stereocenters. The van der Waals surface area contributed by atoms with Gasteiger partial charge in [0.05, 0.1) is 18.4 Å². The second-order valence-corrected chi connectivity index (χ2v) is 5.28. The number of thiophene rings is 1. The molecular formula is C14H10N4OS. The molecule has 0 bridgehead atoms. The first kappa shape index (κ1) is 12.5. The summed E-state index contributed by atoms with van der Waals surface area (Å²) in [6.07, 6.45) is 3.09. The third-order valence-electron chi connectivity index (χ3n) is 3.06. The lowest BCUT2D eigenvalue weighted by Crippen LogP contribution is -2.21. The summed E-state index contributed by atoms with van der Waals surface area (Å²) in [5.74, 6) is 0. The molecule has 3 rings (SSSR count). The van der Waals surface area contributed by atoms with Crippen molar-refractivity contribution in [3.8, 4) is 6.07 Å². The van der Waals surface area contributed by atoms with Gasteiger partial charge in [-0.1, -0.05) is 6.07 Å². The summed E-state index contributed by atoms with van der Waals surface area (Å²) in [6.45, 7) is 2.24. The number of fused-ring (bicyclic) bond motifs is 1. The molecule has 0 aliphatic rings. The quantitative estimate of drug-likeness (QED) is 0.721. The largest absolute Gasteiger partial charge is 0.293 e. The van der Waals surface area contributed by atoms with Gasteiger partial charge in [-0.3, -0.25) is 9.36 Å². The zero-order chi connectivity index (χ0) is 14.1. The number of aryl methyl sites for hydroxylation is 1. The molecule has 3 aromatic heterocycles. The number of hydrogen-bond donors (Lipinski definition) is 0. The molecule has 3 heterocycles. The van der Waals surface area contributed by atoms with Crippen molar-refractivity contribution in [3.05, 3.63) is 57.2 Å². The molecule has 0 radical (unpaired) electrons. The lowest BCUT2D eigenvalue weighted by molar-refractivity contribution is 0.744. The Morgan fingerprint density at radius 2 is 2.30 bits per heavy atom. The minimum Gasteiger partial charge on any atom is -0.293 e. The Kier molecular flexibility index (Phi) is 3.05. The van der Waals surface area contributed by atoms with Crippen LogP contribution in [0.5, 0.6) is 0 Å². The molecule has 98 valence electrons. The van der Waals surface area contributed by atoms with Gasteiger partial charge in [0, 0.05) is 11.8 Å². The molecule has 20 heavy (non-hydrogen) atoms. The average molecular weight is 282 g/mol. The number of rotatable bonds is 2. The van der Waals surface area contributed by atoms with Gasteiger partial charge in [0.2, 0.25) is 0 Å². The molecule has 0 atom stereocenters. The molecule has 0 aliphatic heterocycles. The highest BCUT2D eigenvalue weighted by molar-refractivity contribution is 7.17. The van der Waals surface area contributed by atoms with E-state index in [1.165, 1.54) is 22.2 Å². The molecule has 3 aromatic rings. The maximum absolute atomic E-state index is 12.4. The van der Waals surface area contributed by atoms with Gasteiger partial charge < -0.3 is 0 Å². The van der Waals surface area contributed by atoms with Crippen LogP contribution in [0.4, 0.5) is 0 Å². The van der Waals surface area contributed by atoms with Gasteiger partial charge in [0.15, 0.2) is 0 Å². The van der Waals surface area contributed by atoms with Crippen LogP contribution in [0.2, 0.25) is 0 Å². The summed E-state index contributed by atoms with van der Waals surface area (Å²) in [4.78, 5) is 20.7. The molecule has 0 amide bonds. The van der Waals surface area contributed by atoms with E-state index >= 15 is 0 Å². The fraction of sp³-hybridized carbons (Fsp3) is 0.143. The first-order valence-corrected chi connectivity index (χ1v) is 6.86. The van der Waals surface area contributed by atoms with Crippen molar-refractivity contribution in [2.75, 3.05) is 0 Å². The van der Waals surface area contributed by atoms with Crippen LogP contribution < -0.4 is 5.56 Å². The molecular weight excluding hydrogens is 272 g/mol. The molecule has 0 fully saturated rings. The Morgan fingerprint density at radius 3 is 3.10 bits per heavy atom. The van der Waals surface area contributed by atoms with Gasteiger partial charge in [-0.25, -0.2) is 9.97 Å². The average Bonchev–Trinajstić information content (AvgIpc) is 2.85. The van der Waals surface area contributed by atoms with Crippen molar-refractivity contribution in [2.45, 2.75) is 13.5 Å². The van der Waals surface area contributed by atoms with Crippen molar-refractivity contribution in [3.63, 3.8) is 0 Å². The van der Waals surface area contributed by atoms with E-state index in [-0.39, 0.29) is 5.56 Å². The first-order valence-electron chi connectivity index (χ1n) is 5.98. The Morgan fingerprint density at radius 1 is 1.45 bits per heavy atom. The van der Waals surface area contributed by atoms with E-state index in [0.29, 0.717) is 22.5 Å². The maximum atomic E-state index is 12.4. The van der Waals surface area contributed by atoms with Crippen LogP contribution in [0.1, 0.15) is 16.8 Å². The topological polar surface area (TPSA) is 71.6 Å². The van der Waals surface area contributed by atoms with Crippen LogP contribution in [0.3, 0.4) is 0 Å². The number of aromatic nitrogens is 3. The van der Waals surface area contributed by atoms with E-state index in [2.05, 4.69) is 9.97 Å². The Hall–Kier alpha value is -2.52. The molecule has 0 spiro atoms. The minimum atomic E-state index is -0.0826. The summed E-state index contributed by atoms with van der Waals surface area (Å²) in [7, 11) is 0. The van der Waals surface area contributed by atoms with Crippen LogP contribution in [0, 0.1) is 18.3 Å². The Labute approximate surface area is 118 Å². The van der Waals surface area contributed by atoms with Crippen LogP contribution in [0.25, 0.3) is 10.2 Å².